The number of ether oxygens (including phenoxy) is 1. The Labute approximate surface area is 188 Å². The van der Waals surface area contributed by atoms with E-state index in [1.54, 1.807) is 0 Å². The molecular formula is C29H35NO. The fraction of sp³-hybridized carbons (Fsp3) is 0.310. The van der Waals surface area contributed by atoms with Gasteiger partial charge in [0.15, 0.2) is 0 Å². The molecule has 0 heterocycles. The normalized spacial score (nSPS) is 12.0. The summed E-state index contributed by atoms with van der Waals surface area (Å²) in [5.41, 5.74) is 6.70. The zero-order valence-electron chi connectivity index (χ0n) is 19.2. The van der Waals surface area contributed by atoms with Crippen molar-refractivity contribution >= 4 is 11.1 Å². The van der Waals surface area contributed by atoms with Crippen molar-refractivity contribution in [2.24, 2.45) is 0 Å². The monoisotopic (exact) mass is 413 g/mol. The summed E-state index contributed by atoms with van der Waals surface area (Å²) in [5, 5.41) is 0. The van der Waals surface area contributed by atoms with Gasteiger partial charge in [0.2, 0.25) is 0 Å². The molecule has 2 heteroatoms. The maximum atomic E-state index is 5.97. The van der Waals surface area contributed by atoms with Crippen molar-refractivity contribution in [2.45, 2.75) is 33.6 Å². The zero-order valence-corrected chi connectivity index (χ0v) is 19.2. The van der Waals surface area contributed by atoms with Crippen LogP contribution in [0.3, 0.4) is 0 Å². The standard InChI is InChI=1S/C29H35NO/c1-4-28(25-13-9-7-10-14-25)29(26-15-11-8-12-16-26)23-24-17-19-27(20-18-24)31-22-21-30(5-2)6-3/h7-20H,4-6,21-23H2,1-3H3/b29-28+. The highest BCUT2D eigenvalue weighted by atomic mass is 16.5. The Kier molecular flexibility index (Phi) is 8.93. The summed E-state index contributed by atoms with van der Waals surface area (Å²) >= 11 is 0. The maximum absolute atomic E-state index is 5.97. The van der Waals surface area contributed by atoms with Gasteiger partial charge in [-0.25, -0.2) is 0 Å². The molecule has 0 atom stereocenters. The predicted octanol–water partition coefficient (Wildman–Crippen LogP) is 6.97. The molecule has 0 aliphatic heterocycles. The number of allylic oxidation sites excluding steroid dienone is 2. The van der Waals surface area contributed by atoms with Crippen molar-refractivity contribution < 1.29 is 4.74 Å². The molecular weight excluding hydrogens is 378 g/mol. The van der Waals surface area contributed by atoms with Crippen LogP contribution >= 0.6 is 0 Å². The van der Waals surface area contributed by atoms with E-state index in [0.717, 1.165) is 44.8 Å². The molecule has 0 amide bonds. The minimum absolute atomic E-state index is 0.726. The molecule has 0 fully saturated rings. The molecule has 0 spiro atoms. The number of hydrogen-bond acceptors (Lipinski definition) is 2. The second kappa shape index (κ2) is 12.1. The predicted molar refractivity (Wildman–Crippen MR) is 133 cm³/mol. The lowest BCUT2D eigenvalue weighted by Crippen LogP contribution is -2.27. The molecule has 0 radical (unpaired) electrons. The van der Waals surface area contributed by atoms with Gasteiger partial charge in [0, 0.05) is 6.54 Å². The van der Waals surface area contributed by atoms with Crippen LogP contribution in [0.15, 0.2) is 84.9 Å². The number of nitrogens with zero attached hydrogens (tertiary/aromatic N) is 1. The van der Waals surface area contributed by atoms with Gasteiger partial charge in [0.25, 0.3) is 0 Å². The Hall–Kier alpha value is -2.84. The Balaban J connectivity index is 1.80. The minimum Gasteiger partial charge on any atom is -0.492 e. The molecule has 2 nitrogen and oxygen atoms in total. The molecule has 3 rings (SSSR count). The van der Waals surface area contributed by atoms with Gasteiger partial charge in [-0.3, -0.25) is 0 Å². The van der Waals surface area contributed by atoms with Crippen LogP contribution in [0.4, 0.5) is 0 Å². The van der Waals surface area contributed by atoms with Gasteiger partial charge < -0.3 is 9.64 Å². The van der Waals surface area contributed by atoms with Gasteiger partial charge >= 0.3 is 0 Å². The summed E-state index contributed by atoms with van der Waals surface area (Å²) in [4.78, 5) is 2.38. The Morgan fingerprint density at radius 2 is 1.23 bits per heavy atom. The van der Waals surface area contributed by atoms with E-state index < -0.39 is 0 Å². The number of rotatable bonds is 11. The molecule has 0 saturated heterocycles. The molecule has 0 aliphatic carbocycles. The van der Waals surface area contributed by atoms with Crippen molar-refractivity contribution in [2.75, 3.05) is 26.2 Å². The zero-order chi connectivity index (χ0) is 21.9. The lowest BCUT2D eigenvalue weighted by atomic mass is 9.89. The van der Waals surface area contributed by atoms with E-state index in [1.165, 1.54) is 27.8 Å². The Morgan fingerprint density at radius 3 is 1.74 bits per heavy atom. The second-order valence-corrected chi connectivity index (χ2v) is 7.74. The van der Waals surface area contributed by atoms with Crippen molar-refractivity contribution in [1.29, 1.82) is 0 Å². The Morgan fingerprint density at radius 1 is 0.677 bits per heavy atom. The van der Waals surface area contributed by atoms with E-state index in [0.29, 0.717) is 0 Å². The SMILES string of the molecule is CC/C(=C(/Cc1ccc(OCCN(CC)CC)cc1)c1ccccc1)c1ccccc1. The van der Waals surface area contributed by atoms with Crippen LogP contribution in [0.5, 0.6) is 5.75 Å². The van der Waals surface area contributed by atoms with Crippen molar-refractivity contribution in [3.8, 4) is 5.75 Å². The van der Waals surface area contributed by atoms with Gasteiger partial charge in [-0.1, -0.05) is 93.6 Å². The van der Waals surface area contributed by atoms with Gasteiger partial charge in [-0.15, -0.1) is 0 Å². The van der Waals surface area contributed by atoms with Gasteiger partial charge in [0.1, 0.15) is 12.4 Å². The molecule has 0 aromatic heterocycles. The molecule has 0 saturated carbocycles. The lowest BCUT2D eigenvalue weighted by Gasteiger charge is -2.18. The van der Waals surface area contributed by atoms with E-state index >= 15 is 0 Å². The third-order valence-electron chi connectivity index (χ3n) is 5.84. The molecule has 3 aromatic carbocycles. The summed E-state index contributed by atoms with van der Waals surface area (Å²) < 4.78 is 5.97. The average Bonchev–Trinajstić information content (AvgIpc) is 2.84. The van der Waals surface area contributed by atoms with Crippen molar-refractivity contribution in [1.82, 2.24) is 4.90 Å². The van der Waals surface area contributed by atoms with Crippen LogP contribution in [-0.2, 0) is 6.42 Å². The second-order valence-electron chi connectivity index (χ2n) is 7.74. The number of benzene rings is 3. The first-order valence-corrected chi connectivity index (χ1v) is 11.5. The van der Waals surface area contributed by atoms with Crippen molar-refractivity contribution in [3.05, 3.63) is 102 Å². The molecule has 31 heavy (non-hydrogen) atoms. The quantitative estimate of drug-likeness (QED) is 0.315. The molecule has 162 valence electrons. The van der Waals surface area contributed by atoms with E-state index in [-0.39, 0.29) is 0 Å². The summed E-state index contributed by atoms with van der Waals surface area (Å²) in [6.07, 6.45) is 1.91. The lowest BCUT2D eigenvalue weighted by molar-refractivity contribution is 0.223. The average molecular weight is 414 g/mol. The maximum Gasteiger partial charge on any atom is 0.119 e. The van der Waals surface area contributed by atoms with E-state index in [2.05, 4.69) is 111 Å². The molecule has 0 aliphatic rings. The fourth-order valence-corrected chi connectivity index (χ4v) is 3.99. The molecule has 0 bridgehead atoms. The molecule has 0 N–H and O–H groups in total. The first kappa shape index (κ1) is 22.8. The van der Waals surface area contributed by atoms with Gasteiger partial charge in [-0.05, 0) is 65.9 Å². The number of hydrogen-bond donors (Lipinski definition) is 0. The summed E-state index contributed by atoms with van der Waals surface area (Å²) in [6.45, 7) is 10.4. The Bertz CT molecular complexity index is 925. The van der Waals surface area contributed by atoms with E-state index in [4.69, 9.17) is 4.74 Å². The van der Waals surface area contributed by atoms with Crippen molar-refractivity contribution in [3.63, 3.8) is 0 Å². The first-order chi connectivity index (χ1) is 15.2. The highest BCUT2D eigenvalue weighted by Crippen LogP contribution is 2.32. The largest absolute Gasteiger partial charge is 0.492 e. The smallest absolute Gasteiger partial charge is 0.119 e. The topological polar surface area (TPSA) is 12.5 Å². The summed E-state index contributed by atoms with van der Waals surface area (Å²) in [7, 11) is 0. The number of likely N-dealkylation sites (N-methyl/N-ethyl adjacent to an activating group) is 1. The third-order valence-corrected chi connectivity index (χ3v) is 5.84. The van der Waals surface area contributed by atoms with Crippen LogP contribution < -0.4 is 4.74 Å². The van der Waals surface area contributed by atoms with Crippen LogP contribution in [0.25, 0.3) is 11.1 Å². The van der Waals surface area contributed by atoms with Gasteiger partial charge in [0.05, 0.1) is 0 Å². The van der Waals surface area contributed by atoms with Crippen LogP contribution in [-0.4, -0.2) is 31.1 Å². The highest BCUT2D eigenvalue weighted by molar-refractivity contribution is 5.91. The molecule has 3 aromatic rings. The van der Waals surface area contributed by atoms with Crippen LogP contribution in [0, 0.1) is 0 Å². The summed E-state index contributed by atoms with van der Waals surface area (Å²) in [6, 6.07) is 30.2. The van der Waals surface area contributed by atoms with Crippen LogP contribution in [0.1, 0.15) is 43.9 Å². The van der Waals surface area contributed by atoms with E-state index in [9.17, 15) is 0 Å². The highest BCUT2D eigenvalue weighted by Gasteiger charge is 2.11. The third kappa shape index (κ3) is 6.57. The fourth-order valence-electron chi connectivity index (χ4n) is 3.99. The van der Waals surface area contributed by atoms with E-state index in [1.807, 2.05) is 0 Å². The molecule has 0 unspecified atom stereocenters. The van der Waals surface area contributed by atoms with Gasteiger partial charge in [-0.2, -0.15) is 0 Å². The minimum atomic E-state index is 0.726. The first-order valence-electron chi connectivity index (χ1n) is 11.5. The summed E-state index contributed by atoms with van der Waals surface area (Å²) in [5.74, 6) is 0.944. The van der Waals surface area contributed by atoms with Crippen LogP contribution in [0.2, 0.25) is 0 Å².